The maximum Gasteiger partial charge on any atom is 0.434 e. The Morgan fingerprint density at radius 1 is 1.26 bits per heavy atom. The quantitative estimate of drug-likeness (QED) is 0.612. The minimum atomic E-state index is -4.79. The van der Waals surface area contributed by atoms with Crippen molar-refractivity contribution in [3.8, 4) is 22.2 Å². The molecule has 142 valence electrons. The third kappa shape index (κ3) is 3.82. The van der Waals surface area contributed by atoms with Gasteiger partial charge in [0.25, 0.3) is 5.89 Å². The van der Waals surface area contributed by atoms with Crippen molar-refractivity contribution in [2.45, 2.75) is 26.9 Å². The van der Waals surface area contributed by atoms with E-state index in [-0.39, 0.29) is 18.2 Å². The first-order valence-electron chi connectivity index (χ1n) is 7.73. The number of hydrogen-bond acceptors (Lipinski definition) is 8. The van der Waals surface area contributed by atoms with Crippen LogP contribution in [-0.4, -0.2) is 32.7 Å². The van der Waals surface area contributed by atoms with Gasteiger partial charge in [0.2, 0.25) is 5.89 Å². The topological polar surface area (TPSA) is 91.0 Å². The number of aromatic nitrogens is 4. The van der Waals surface area contributed by atoms with Gasteiger partial charge in [-0.25, -0.2) is 14.8 Å². The van der Waals surface area contributed by atoms with E-state index in [4.69, 9.17) is 9.15 Å². The number of alkyl halides is 3. The predicted molar refractivity (Wildman–Crippen MR) is 89.1 cm³/mol. The molecule has 0 amide bonds. The maximum atomic E-state index is 13.3. The highest BCUT2D eigenvalue weighted by atomic mass is 32.1. The van der Waals surface area contributed by atoms with Crippen LogP contribution in [0.5, 0.6) is 0 Å². The number of carbonyl (C=O) groups is 1. The van der Waals surface area contributed by atoms with Crippen molar-refractivity contribution in [2.24, 2.45) is 0 Å². The maximum absolute atomic E-state index is 13.3. The van der Waals surface area contributed by atoms with Crippen molar-refractivity contribution in [1.82, 2.24) is 20.2 Å². The third-order valence-electron chi connectivity index (χ3n) is 3.46. The highest BCUT2D eigenvalue weighted by Gasteiger charge is 2.38. The number of thiazole rings is 1. The number of hydrogen-bond donors (Lipinski definition) is 0. The van der Waals surface area contributed by atoms with E-state index in [1.54, 1.807) is 12.3 Å². The second-order valence-corrected chi connectivity index (χ2v) is 6.26. The number of carbonyl (C=O) groups excluding carboxylic acids is 1. The van der Waals surface area contributed by atoms with Crippen LogP contribution >= 0.6 is 11.3 Å². The summed E-state index contributed by atoms with van der Waals surface area (Å²) in [6.07, 6.45) is -4.79. The fourth-order valence-electron chi connectivity index (χ4n) is 2.30. The van der Waals surface area contributed by atoms with Crippen molar-refractivity contribution in [3.63, 3.8) is 0 Å². The molecule has 3 rings (SSSR count). The van der Waals surface area contributed by atoms with Crippen LogP contribution in [0.15, 0.2) is 15.9 Å². The number of halogens is 3. The highest BCUT2D eigenvalue weighted by molar-refractivity contribution is 7.13. The van der Waals surface area contributed by atoms with Crippen LogP contribution < -0.4 is 0 Å². The molecule has 0 saturated carbocycles. The molecule has 0 aromatic carbocycles. The molecule has 0 unspecified atom stereocenters. The first-order chi connectivity index (χ1) is 12.7. The van der Waals surface area contributed by atoms with Gasteiger partial charge in [0.15, 0.2) is 5.69 Å². The molecule has 0 spiro atoms. The Balaban J connectivity index is 2.09. The number of nitrogens with zero attached hydrogens (tertiary/aromatic N) is 4. The Morgan fingerprint density at radius 2 is 2.00 bits per heavy atom. The smallest absolute Gasteiger partial charge is 0.434 e. The highest BCUT2D eigenvalue weighted by Crippen LogP contribution is 2.36. The molecular weight excluding hydrogens is 385 g/mol. The monoisotopic (exact) mass is 398 g/mol. The number of rotatable bonds is 4. The second kappa shape index (κ2) is 7.06. The number of aryl methyl sites for hydroxylation is 2. The Hall–Kier alpha value is -2.82. The van der Waals surface area contributed by atoms with Crippen molar-refractivity contribution < 1.29 is 27.1 Å². The molecule has 0 aliphatic carbocycles. The molecular formula is C16H13F3N4O3S. The molecule has 0 bridgehead atoms. The molecule has 3 heterocycles. The van der Waals surface area contributed by atoms with Gasteiger partial charge in [-0.2, -0.15) is 13.2 Å². The second-order valence-electron chi connectivity index (χ2n) is 5.40. The summed E-state index contributed by atoms with van der Waals surface area (Å²) in [6.45, 7) is 4.49. The van der Waals surface area contributed by atoms with Gasteiger partial charge >= 0.3 is 12.1 Å². The van der Waals surface area contributed by atoms with Crippen LogP contribution in [0.2, 0.25) is 0 Å². The fourth-order valence-corrected chi connectivity index (χ4v) is 3.16. The van der Waals surface area contributed by atoms with E-state index in [1.807, 2.05) is 0 Å². The van der Waals surface area contributed by atoms with E-state index in [0.29, 0.717) is 22.2 Å². The molecule has 11 heteroatoms. The van der Waals surface area contributed by atoms with Gasteiger partial charge in [-0.3, -0.25) is 0 Å². The summed E-state index contributed by atoms with van der Waals surface area (Å²) in [5.41, 5.74) is -1.19. The predicted octanol–water partition coefficient (Wildman–Crippen LogP) is 4.07. The first kappa shape index (κ1) is 19.0. The summed E-state index contributed by atoms with van der Waals surface area (Å²) >= 11 is 1.16. The molecule has 3 aromatic heterocycles. The average Bonchev–Trinajstić information content (AvgIpc) is 3.22. The Bertz CT molecular complexity index is 997. The fraction of sp³-hybridized carbons (Fsp3) is 0.312. The van der Waals surface area contributed by atoms with E-state index < -0.39 is 23.4 Å². The molecule has 0 aliphatic rings. The van der Waals surface area contributed by atoms with Crippen molar-refractivity contribution in [3.05, 3.63) is 34.3 Å². The molecule has 0 atom stereocenters. The summed E-state index contributed by atoms with van der Waals surface area (Å²) in [5, 5.41) is 9.55. The standard InChI is InChI=1S/C16H13F3N4O3S/c1-4-25-15(24)10-5-9(7(2)20-12(10)16(17,18)19)14-21-11(6-27-14)13-23-22-8(3)26-13/h5-6H,4H2,1-3H3. The number of pyridine rings is 1. The SMILES string of the molecule is CCOC(=O)c1cc(-c2nc(-c3nnc(C)o3)cs2)c(C)nc1C(F)(F)F. The molecule has 7 nitrogen and oxygen atoms in total. The van der Waals surface area contributed by atoms with Crippen molar-refractivity contribution >= 4 is 17.3 Å². The molecule has 0 radical (unpaired) electrons. The normalized spacial score (nSPS) is 11.6. The zero-order valence-corrected chi connectivity index (χ0v) is 15.2. The van der Waals surface area contributed by atoms with Crippen LogP contribution in [0.3, 0.4) is 0 Å². The largest absolute Gasteiger partial charge is 0.462 e. The summed E-state index contributed by atoms with van der Waals surface area (Å²) in [6, 6.07) is 1.10. The zero-order valence-electron chi connectivity index (χ0n) is 14.4. The Kier molecular flexibility index (Phi) is 4.96. The molecule has 0 aliphatic heterocycles. The van der Waals surface area contributed by atoms with Gasteiger partial charge in [-0.1, -0.05) is 0 Å². The first-order valence-corrected chi connectivity index (χ1v) is 8.61. The molecule has 3 aromatic rings. The zero-order chi connectivity index (χ0) is 19.8. The van der Waals surface area contributed by atoms with Gasteiger partial charge in [0.05, 0.1) is 12.2 Å². The minimum Gasteiger partial charge on any atom is -0.462 e. The van der Waals surface area contributed by atoms with Gasteiger partial charge in [0.1, 0.15) is 10.7 Å². The summed E-state index contributed by atoms with van der Waals surface area (Å²) in [5.74, 6) is -0.544. The van der Waals surface area contributed by atoms with Crippen molar-refractivity contribution in [1.29, 1.82) is 0 Å². The number of esters is 1. The van der Waals surface area contributed by atoms with E-state index >= 15 is 0 Å². The van der Waals surface area contributed by atoms with Crippen LogP contribution in [0.25, 0.3) is 22.2 Å². The van der Waals surface area contributed by atoms with Crippen LogP contribution in [0, 0.1) is 13.8 Å². The molecule has 27 heavy (non-hydrogen) atoms. The van der Waals surface area contributed by atoms with Crippen LogP contribution in [0.4, 0.5) is 13.2 Å². The summed E-state index contributed by atoms with van der Waals surface area (Å²) in [4.78, 5) is 19.9. The van der Waals surface area contributed by atoms with Gasteiger partial charge < -0.3 is 9.15 Å². The Morgan fingerprint density at radius 3 is 2.59 bits per heavy atom. The van der Waals surface area contributed by atoms with E-state index in [9.17, 15) is 18.0 Å². The Labute approximate surface area is 155 Å². The lowest BCUT2D eigenvalue weighted by atomic mass is 10.1. The van der Waals surface area contributed by atoms with E-state index in [0.717, 1.165) is 17.4 Å². The lowest BCUT2D eigenvalue weighted by Gasteiger charge is -2.14. The van der Waals surface area contributed by atoms with Crippen LogP contribution in [0.1, 0.15) is 34.6 Å². The van der Waals surface area contributed by atoms with E-state index in [1.165, 1.54) is 13.8 Å². The molecule has 0 fully saturated rings. The lowest BCUT2D eigenvalue weighted by Crippen LogP contribution is -2.18. The van der Waals surface area contributed by atoms with Crippen LogP contribution in [-0.2, 0) is 10.9 Å². The van der Waals surface area contributed by atoms with Crippen molar-refractivity contribution in [2.75, 3.05) is 6.61 Å². The van der Waals surface area contributed by atoms with Gasteiger partial charge in [-0.05, 0) is 19.9 Å². The molecule has 0 N–H and O–H groups in total. The van der Waals surface area contributed by atoms with E-state index in [2.05, 4.69) is 20.2 Å². The van der Waals surface area contributed by atoms with Gasteiger partial charge in [-0.15, -0.1) is 21.5 Å². The molecule has 0 saturated heterocycles. The van der Waals surface area contributed by atoms with Gasteiger partial charge in [0, 0.05) is 23.6 Å². The summed E-state index contributed by atoms with van der Waals surface area (Å²) in [7, 11) is 0. The lowest BCUT2D eigenvalue weighted by molar-refractivity contribution is -0.141. The minimum absolute atomic E-state index is 0.0583. The summed E-state index contributed by atoms with van der Waals surface area (Å²) < 4.78 is 49.9. The average molecular weight is 398 g/mol. The third-order valence-corrected chi connectivity index (χ3v) is 4.33. The number of ether oxygens (including phenoxy) is 1.